The summed E-state index contributed by atoms with van der Waals surface area (Å²) in [6, 6.07) is 17.2. The lowest BCUT2D eigenvalue weighted by atomic mass is 10.2. The number of rotatable bonds is 9. The van der Waals surface area contributed by atoms with E-state index < -0.39 is 15.9 Å². The molecule has 0 unspecified atom stereocenters. The van der Waals surface area contributed by atoms with Gasteiger partial charge in [0.05, 0.1) is 22.8 Å². The summed E-state index contributed by atoms with van der Waals surface area (Å²) in [5.41, 5.74) is 2.19. The van der Waals surface area contributed by atoms with Crippen molar-refractivity contribution in [3.8, 4) is 5.69 Å². The number of para-hydroxylation sites is 1. The Morgan fingerprint density at radius 2 is 1.71 bits per heavy atom. The van der Waals surface area contributed by atoms with Crippen LogP contribution in [0.5, 0.6) is 0 Å². The fraction of sp³-hybridized carbons (Fsp3) is 0.227. The number of nitrogens with zero attached hydrogens (tertiary/aromatic N) is 3. The lowest BCUT2D eigenvalue weighted by Crippen LogP contribution is -2.39. The van der Waals surface area contributed by atoms with Crippen molar-refractivity contribution in [1.82, 2.24) is 19.4 Å². The van der Waals surface area contributed by atoms with Gasteiger partial charge in [0.15, 0.2) is 5.78 Å². The maximum atomic E-state index is 12.6. The van der Waals surface area contributed by atoms with E-state index in [9.17, 15) is 18.0 Å². The number of hydrogen-bond acceptors (Lipinski definition) is 5. The number of nitrogens with one attached hydrogen (secondary N) is 1. The van der Waals surface area contributed by atoms with E-state index in [4.69, 9.17) is 0 Å². The van der Waals surface area contributed by atoms with Gasteiger partial charge < -0.3 is 5.32 Å². The standard InChI is InChI=1S/C22H24N4O4S/c1-17(27)18-8-10-21(11-9-18)31(29,30)25(2)16-22(28)23-14-12-19-13-15-26(24-19)20-6-4-3-5-7-20/h3-11,13,15H,12,14,16H2,1-2H3,(H,23,28). The van der Waals surface area contributed by atoms with Crippen molar-refractivity contribution in [2.24, 2.45) is 0 Å². The van der Waals surface area contributed by atoms with Gasteiger partial charge in [0, 0.05) is 31.8 Å². The van der Waals surface area contributed by atoms with Crippen molar-refractivity contribution < 1.29 is 18.0 Å². The van der Waals surface area contributed by atoms with Gasteiger partial charge in [-0.1, -0.05) is 30.3 Å². The summed E-state index contributed by atoms with van der Waals surface area (Å²) in [4.78, 5) is 23.6. The first-order valence-corrected chi connectivity index (χ1v) is 11.2. The Morgan fingerprint density at radius 3 is 2.35 bits per heavy atom. The van der Waals surface area contributed by atoms with E-state index in [1.165, 1.54) is 38.2 Å². The average Bonchev–Trinajstić information content (AvgIpc) is 3.23. The van der Waals surface area contributed by atoms with E-state index in [-0.39, 0.29) is 17.2 Å². The molecule has 0 aliphatic carbocycles. The molecule has 0 bridgehead atoms. The highest BCUT2D eigenvalue weighted by Crippen LogP contribution is 2.15. The van der Waals surface area contributed by atoms with E-state index >= 15 is 0 Å². The summed E-state index contributed by atoms with van der Waals surface area (Å²) in [6.07, 6.45) is 2.37. The molecule has 0 saturated heterocycles. The third kappa shape index (κ3) is 5.65. The molecule has 9 heteroatoms. The van der Waals surface area contributed by atoms with Crippen molar-refractivity contribution in [1.29, 1.82) is 0 Å². The molecule has 162 valence electrons. The minimum atomic E-state index is -3.84. The molecular weight excluding hydrogens is 416 g/mol. The number of benzene rings is 2. The molecule has 0 aliphatic heterocycles. The van der Waals surface area contributed by atoms with Crippen LogP contribution in [0.1, 0.15) is 23.0 Å². The van der Waals surface area contributed by atoms with Gasteiger partial charge >= 0.3 is 0 Å². The summed E-state index contributed by atoms with van der Waals surface area (Å²) in [5, 5.41) is 7.19. The molecule has 31 heavy (non-hydrogen) atoms. The van der Waals surface area contributed by atoms with Crippen LogP contribution in [0.25, 0.3) is 5.69 Å². The minimum Gasteiger partial charge on any atom is -0.355 e. The number of amides is 1. The second-order valence-corrected chi connectivity index (χ2v) is 9.07. The predicted octanol–water partition coefficient (Wildman–Crippen LogP) is 2.05. The van der Waals surface area contributed by atoms with Crippen molar-refractivity contribution in [3.05, 3.63) is 78.1 Å². The summed E-state index contributed by atoms with van der Waals surface area (Å²) in [7, 11) is -2.49. The van der Waals surface area contributed by atoms with Gasteiger partial charge in [-0.25, -0.2) is 13.1 Å². The zero-order chi connectivity index (χ0) is 22.4. The van der Waals surface area contributed by atoms with Crippen LogP contribution in [0.2, 0.25) is 0 Å². The molecule has 3 rings (SSSR count). The zero-order valence-electron chi connectivity index (χ0n) is 17.4. The Morgan fingerprint density at radius 1 is 1.03 bits per heavy atom. The lowest BCUT2D eigenvalue weighted by molar-refractivity contribution is -0.121. The number of likely N-dealkylation sites (N-methyl/N-ethyl adjacent to an activating group) is 1. The summed E-state index contributed by atoms with van der Waals surface area (Å²) >= 11 is 0. The molecule has 1 N–H and O–H groups in total. The normalized spacial score (nSPS) is 11.5. The van der Waals surface area contributed by atoms with Crippen LogP contribution in [-0.4, -0.2) is 54.3 Å². The number of hydrogen-bond donors (Lipinski definition) is 1. The molecule has 1 amide bonds. The lowest BCUT2D eigenvalue weighted by Gasteiger charge is -2.17. The molecule has 0 saturated carbocycles. The van der Waals surface area contributed by atoms with Gasteiger partial charge in [-0.05, 0) is 37.3 Å². The Bertz CT molecular complexity index is 1160. The maximum Gasteiger partial charge on any atom is 0.243 e. The predicted molar refractivity (Wildman–Crippen MR) is 117 cm³/mol. The number of aromatic nitrogens is 2. The average molecular weight is 441 g/mol. The van der Waals surface area contributed by atoms with Gasteiger partial charge in [-0.3, -0.25) is 9.59 Å². The van der Waals surface area contributed by atoms with Crippen molar-refractivity contribution in [2.75, 3.05) is 20.1 Å². The Labute approximate surface area is 181 Å². The quantitative estimate of drug-likeness (QED) is 0.513. The van der Waals surface area contributed by atoms with Crippen molar-refractivity contribution >= 4 is 21.7 Å². The molecule has 3 aromatic rings. The van der Waals surface area contributed by atoms with E-state index in [1.807, 2.05) is 42.6 Å². The summed E-state index contributed by atoms with van der Waals surface area (Å²) in [6.45, 7) is 1.44. The summed E-state index contributed by atoms with van der Waals surface area (Å²) < 4.78 is 28.0. The second-order valence-electron chi connectivity index (χ2n) is 7.03. The van der Waals surface area contributed by atoms with Gasteiger partial charge in [-0.2, -0.15) is 9.40 Å². The first-order chi connectivity index (χ1) is 14.8. The molecule has 0 fully saturated rings. The van der Waals surface area contributed by atoms with Crippen molar-refractivity contribution in [3.63, 3.8) is 0 Å². The van der Waals surface area contributed by atoms with E-state index in [2.05, 4.69) is 10.4 Å². The molecule has 0 aliphatic rings. The first kappa shape index (κ1) is 22.4. The summed E-state index contributed by atoms with van der Waals surface area (Å²) in [5.74, 6) is -0.556. The SMILES string of the molecule is CC(=O)c1ccc(S(=O)(=O)N(C)CC(=O)NCCc2ccn(-c3ccccc3)n2)cc1. The van der Waals surface area contributed by atoms with Crippen LogP contribution < -0.4 is 5.32 Å². The number of Topliss-reactive ketones (excluding diaryl/α,β-unsaturated/α-hetero) is 1. The molecule has 1 aromatic heterocycles. The van der Waals surface area contributed by atoms with Gasteiger partial charge in [0.2, 0.25) is 15.9 Å². The minimum absolute atomic E-state index is 0.0271. The number of ketones is 1. The Kier molecular flexibility index (Phi) is 6.98. The molecular formula is C22H24N4O4S. The Hall–Kier alpha value is -3.30. The van der Waals surface area contributed by atoms with E-state index in [0.29, 0.717) is 18.5 Å². The molecule has 0 radical (unpaired) electrons. The second kappa shape index (κ2) is 9.67. The highest BCUT2D eigenvalue weighted by Gasteiger charge is 2.23. The smallest absolute Gasteiger partial charge is 0.243 e. The van der Waals surface area contributed by atoms with Crippen LogP contribution in [0.3, 0.4) is 0 Å². The fourth-order valence-electron chi connectivity index (χ4n) is 2.93. The molecule has 8 nitrogen and oxygen atoms in total. The zero-order valence-corrected chi connectivity index (χ0v) is 18.2. The first-order valence-electron chi connectivity index (χ1n) is 9.71. The molecule has 1 heterocycles. The van der Waals surface area contributed by atoms with Gasteiger partial charge in [0.1, 0.15) is 0 Å². The molecule has 0 atom stereocenters. The fourth-order valence-corrected chi connectivity index (χ4v) is 4.06. The maximum absolute atomic E-state index is 12.6. The molecule has 0 spiro atoms. The van der Waals surface area contributed by atoms with E-state index in [0.717, 1.165) is 15.7 Å². The number of sulfonamides is 1. The van der Waals surface area contributed by atoms with Gasteiger partial charge in [-0.15, -0.1) is 0 Å². The van der Waals surface area contributed by atoms with Crippen LogP contribution in [0.4, 0.5) is 0 Å². The van der Waals surface area contributed by atoms with Gasteiger partial charge in [0.25, 0.3) is 0 Å². The highest BCUT2D eigenvalue weighted by molar-refractivity contribution is 7.89. The third-order valence-electron chi connectivity index (χ3n) is 4.70. The van der Waals surface area contributed by atoms with Crippen LogP contribution in [-0.2, 0) is 21.2 Å². The van der Waals surface area contributed by atoms with E-state index in [1.54, 1.807) is 4.68 Å². The van der Waals surface area contributed by atoms with Crippen molar-refractivity contribution in [2.45, 2.75) is 18.2 Å². The number of carbonyl (C=O) groups excluding carboxylic acids is 2. The van der Waals surface area contributed by atoms with Crippen LogP contribution in [0, 0.1) is 0 Å². The number of carbonyl (C=O) groups is 2. The van der Waals surface area contributed by atoms with Crippen LogP contribution in [0.15, 0.2) is 71.8 Å². The third-order valence-corrected chi connectivity index (χ3v) is 6.52. The monoisotopic (exact) mass is 440 g/mol. The topological polar surface area (TPSA) is 101 Å². The largest absolute Gasteiger partial charge is 0.355 e. The van der Waals surface area contributed by atoms with Crippen LogP contribution >= 0.6 is 0 Å². The Balaban J connectivity index is 1.51. The highest BCUT2D eigenvalue weighted by atomic mass is 32.2. The molecule has 2 aromatic carbocycles.